The van der Waals surface area contributed by atoms with Crippen LogP contribution in [-0.4, -0.2) is 50.1 Å². The summed E-state index contributed by atoms with van der Waals surface area (Å²) in [6.45, 7) is 3.23. The van der Waals surface area contributed by atoms with Crippen molar-refractivity contribution >= 4 is 12.4 Å². The van der Waals surface area contributed by atoms with Gasteiger partial charge in [0.25, 0.3) is 6.47 Å². The predicted molar refractivity (Wildman–Crippen MR) is 91.6 cm³/mol. The molecule has 0 aliphatic heterocycles. The zero-order valence-electron chi connectivity index (χ0n) is 15.2. The van der Waals surface area contributed by atoms with Crippen molar-refractivity contribution in [3.63, 3.8) is 0 Å². The second-order valence-electron chi connectivity index (χ2n) is 6.00. The minimum atomic E-state index is -0.937. The molecule has 0 bridgehead atoms. The van der Waals surface area contributed by atoms with Gasteiger partial charge in [-0.05, 0) is 12.8 Å². The quantitative estimate of drug-likeness (QED) is 0.248. The lowest BCUT2D eigenvalue weighted by molar-refractivity contribution is -0.147. The zero-order valence-corrected chi connectivity index (χ0v) is 15.2. The van der Waals surface area contributed by atoms with Crippen LogP contribution in [0, 0.1) is 0 Å². The van der Waals surface area contributed by atoms with Crippen LogP contribution in [0.25, 0.3) is 0 Å². The van der Waals surface area contributed by atoms with Gasteiger partial charge in [0.2, 0.25) is 0 Å². The lowest BCUT2D eigenvalue weighted by atomic mass is 10.1. The minimum Gasteiger partial charge on any atom is -0.469 e. The van der Waals surface area contributed by atoms with Crippen LogP contribution in [0.1, 0.15) is 71.1 Å². The van der Waals surface area contributed by atoms with Crippen LogP contribution in [0.15, 0.2) is 0 Å². The third-order valence-electron chi connectivity index (χ3n) is 3.96. The third kappa shape index (κ3) is 13.3. The summed E-state index contributed by atoms with van der Waals surface area (Å²) in [4.78, 5) is 21.6. The number of carbonyl (C=O) groups excluding carboxylic acids is 2. The summed E-state index contributed by atoms with van der Waals surface area (Å²) in [5.74, 6) is -0.404. The number of esters is 1. The molecule has 0 spiro atoms. The van der Waals surface area contributed by atoms with Crippen molar-refractivity contribution in [1.82, 2.24) is 0 Å². The highest BCUT2D eigenvalue weighted by Crippen LogP contribution is 2.10. The van der Waals surface area contributed by atoms with Crippen LogP contribution in [0.4, 0.5) is 0 Å². The molecule has 2 atom stereocenters. The number of rotatable bonds is 17. The maximum atomic E-state index is 11.1. The summed E-state index contributed by atoms with van der Waals surface area (Å²) in [5.41, 5.74) is 0. The van der Waals surface area contributed by atoms with Gasteiger partial charge in [0.15, 0.2) is 6.10 Å². The molecule has 6 heteroatoms. The average Bonchev–Trinajstić information content (AvgIpc) is 2.59. The number of hydrogen-bond acceptors (Lipinski definition) is 6. The number of methoxy groups -OCH3 is 1. The van der Waals surface area contributed by atoms with Crippen LogP contribution < -0.4 is 0 Å². The van der Waals surface area contributed by atoms with Crippen LogP contribution in [-0.2, 0) is 23.8 Å². The first-order valence-corrected chi connectivity index (χ1v) is 9.07. The smallest absolute Gasteiger partial charge is 0.305 e. The zero-order chi connectivity index (χ0) is 18.0. The Balaban J connectivity index is 3.69. The molecular weight excluding hydrogens is 312 g/mol. The van der Waals surface area contributed by atoms with Crippen molar-refractivity contribution in [3.8, 4) is 0 Å². The van der Waals surface area contributed by atoms with Gasteiger partial charge >= 0.3 is 5.97 Å². The minimum absolute atomic E-state index is 0.0778. The van der Waals surface area contributed by atoms with Crippen molar-refractivity contribution in [2.75, 3.05) is 20.3 Å². The van der Waals surface area contributed by atoms with E-state index < -0.39 is 18.2 Å². The number of aliphatic hydroxyl groups is 1. The van der Waals surface area contributed by atoms with Gasteiger partial charge in [-0.3, -0.25) is 9.59 Å². The van der Waals surface area contributed by atoms with E-state index in [1.54, 1.807) is 0 Å². The van der Waals surface area contributed by atoms with Crippen molar-refractivity contribution in [3.05, 3.63) is 0 Å². The Hall–Kier alpha value is -1.14. The summed E-state index contributed by atoms with van der Waals surface area (Å²) < 4.78 is 14.8. The summed E-state index contributed by atoms with van der Waals surface area (Å²) in [6.07, 6.45) is 8.33. The van der Waals surface area contributed by atoms with E-state index in [0.717, 1.165) is 12.8 Å². The monoisotopic (exact) mass is 346 g/mol. The first-order valence-electron chi connectivity index (χ1n) is 9.07. The highest BCUT2D eigenvalue weighted by Gasteiger charge is 2.21. The molecule has 0 amide bonds. The van der Waals surface area contributed by atoms with E-state index in [1.165, 1.54) is 45.6 Å². The third-order valence-corrected chi connectivity index (χ3v) is 3.96. The normalized spacial score (nSPS) is 13.3. The summed E-state index contributed by atoms with van der Waals surface area (Å²) >= 11 is 0. The maximum Gasteiger partial charge on any atom is 0.305 e. The Morgan fingerprint density at radius 1 is 1.08 bits per heavy atom. The molecule has 0 aliphatic carbocycles. The molecule has 24 heavy (non-hydrogen) atoms. The molecule has 0 heterocycles. The molecule has 0 saturated heterocycles. The predicted octanol–water partition coefficient (Wildman–Crippen LogP) is 3.00. The van der Waals surface area contributed by atoms with Gasteiger partial charge in [-0.1, -0.05) is 51.9 Å². The van der Waals surface area contributed by atoms with Crippen LogP contribution in [0.5, 0.6) is 0 Å². The second kappa shape index (κ2) is 16.7. The number of ether oxygens (including phenoxy) is 3. The van der Waals surface area contributed by atoms with Crippen molar-refractivity contribution in [2.24, 2.45) is 0 Å². The van der Waals surface area contributed by atoms with E-state index >= 15 is 0 Å². The van der Waals surface area contributed by atoms with E-state index in [-0.39, 0.29) is 19.4 Å². The van der Waals surface area contributed by atoms with Gasteiger partial charge in [-0.2, -0.15) is 0 Å². The number of aliphatic hydroxyl groups excluding tert-OH is 1. The van der Waals surface area contributed by atoms with Gasteiger partial charge in [-0.25, -0.2) is 0 Å². The largest absolute Gasteiger partial charge is 0.469 e. The van der Waals surface area contributed by atoms with Gasteiger partial charge in [0, 0.05) is 13.0 Å². The average molecular weight is 346 g/mol. The number of carbonyl (C=O) groups is 2. The van der Waals surface area contributed by atoms with E-state index in [1.807, 2.05) is 0 Å². The molecule has 0 fully saturated rings. The van der Waals surface area contributed by atoms with Gasteiger partial charge < -0.3 is 19.3 Å². The number of unbranched alkanes of at least 4 members (excludes halogenated alkanes) is 7. The molecule has 6 nitrogen and oxygen atoms in total. The molecular formula is C18H34O6. The van der Waals surface area contributed by atoms with E-state index in [2.05, 4.69) is 11.7 Å². The Kier molecular flexibility index (Phi) is 15.9. The number of hydrogen-bond donors (Lipinski definition) is 1. The molecule has 0 radical (unpaired) electrons. The molecule has 0 saturated carbocycles. The SMILES string of the molecule is CCCCCCCCCCOC[C@@H](OC=O)[C@H](O)CCC(=O)OC. The molecule has 0 unspecified atom stereocenters. The second-order valence-corrected chi connectivity index (χ2v) is 6.00. The van der Waals surface area contributed by atoms with Crippen LogP contribution in [0.2, 0.25) is 0 Å². The Morgan fingerprint density at radius 2 is 1.71 bits per heavy atom. The van der Waals surface area contributed by atoms with E-state index in [9.17, 15) is 14.7 Å². The fourth-order valence-electron chi connectivity index (χ4n) is 2.40. The molecule has 1 N–H and O–H groups in total. The molecule has 142 valence electrons. The van der Waals surface area contributed by atoms with Crippen molar-refractivity contribution in [1.29, 1.82) is 0 Å². The van der Waals surface area contributed by atoms with E-state index in [0.29, 0.717) is 13.1 Å². The standard InChI is InChI=1S/C18H34O6/c1-3-4-5-6-7-8-9-10-13-23-14-17(24-15-19)16(20)11-12-18(21)22-2/h15-17,20H,3-14H2,1-2H3/t16-,17-/m1/s1. The Bertz CT molecular complexity index is 308. The molecule has 0 aliphatic rings. The first kappa shape index (κ1) is 22.9. The topological polar surface area (TPSA) is 82.1 Å². The van der Waals surface area contributed by atoms with Crippen LogP contribution in [0.3, 0.4) is 0 Å². The van der Waals surface area contributed by atoms with Gasteiger partial charge in [-0.15, -0.1) is 0 Å². The van der Waals surface area contributed by atoms with Gasteiger partial charge in [0.05, 0.1) is 19.8 Å². The summed E-state index contributed by atoms with van der Waals surface area (Å²) in [5, 5.41) is 9.96. The highest BCUT2D eigenvalue weighted by atomic mass is 16.6. The van der Waals surface area contributed by atoms with Gasteiger partial charge in [0.1, 0.15) is 0 Å². The van der Waals surface area contributed by atoms with Crippen molar-refractivity contribution < 1.29 is 28.9 Å². The lowest BCUT2D eigenvalue weighted by Gasteiger charge is -2.20. The maximum absolute atomic E-state index is 11.1. The van der Waals surface area contributed by atoms with E-state index in [4.69, 9.17) is 9.47 Å². The van der Waals surface area contributed by atoms with Crippen molar-refractivity contribution in [2.45, 2.75) is 83.3 Å². The Labute approximate surface area is 145 Å². The summed E-state index contributed by atoms with van der Waals surface area (Å²) in [7, 11) is 1.29. The molecule has 0 aromatic carbocycles. The molecule has 0 aromatic rings. The first-order chi connectivity index (χ1) is 11.7. The molecule has 0 aromatic heterocycles. The fraction of sp³-hybridized carbons (Fsp3) is 0.889. The lowest BCUT2D eigenvalue weighted by Crippen LogP contribution is -2.34. The Morgan fingerprint density at radius 3 is 2.29 bits per heavy atom. The fourth-order valence-corrected chi connectivity index (χ4v) is 2.40. The van der Waals surface area contributed by atoms with Crippen LogP contribution >= 0.6 is 0 Å². The molecule has 0 rings (SSSR count). The summed E-state index contributed by atoms with van der Waals surface area (Å²) in [6, 6.07) is 0. The highest BCUT2D eigenvalue weighted by molar-refractivity contribution is 5.69.